The standard InChI is InChI=1S/C29H20F8/c1-2-3-16-4-6-18(7-5-16)19-8-9-21(22(30)12-19)20-13-23(31)27(24(32)14-20)29(36,37)15-17-10-25(33)28(35)26(34)11-17/h4-14H,2-3,15H2,1H3. The Kier molecular flexibility index (Phi) is 7.39. The van der Waals surface area contributed by atoms with Crippen LogP contribution in [0.15, 0.2) is 66.7 Å². The SMILES string of the molecule is CCCc1ccc(-c2ccc(-c3cc(F)c(C(F)(F)Cc4cc(F)c(F)c(F)c4)c(F)c3)c(F)c2)cc1. The molecule has 0 amide bonds. The van der Waals surface area contributed by atoms with E-state index in [1.807, 2.05) is 24.3 Å². The van der Waals surface area contributed by atoms with Gasteiger partial charge in [-0.25, -0.2) is 35.1 Å². The molecule has 0 bridgehead atoms. The zero-order valence-electron chi connectivity index (χ0n) is 19.5. The Labute approximate surface area is 208 Å². The lowest BCUT2D eigenvalue weighted by Gasteiger charge is -2.19. The van der Waals surface area contributed by atoms with Crippen molar-refractivity contribution in [1.82, 2.24) is 0 Å². The summed E-state index contributed by atoms with van der Waals surface area (Å²) in [5.41, 5.74) is -0.490. The van der Waals surface area contributed by atoms with Gasteiger partial charge in [0.05, 0.1) is 5.56 Å². The van der Waals surface area contributed by atoms with Crippen molar-refractivity contribution in [1.29, 1.82) is 0 Å². The lowest BCUT2D eigenvalue weighted by molar-refractivity contribution is -0.0111. The number of aryl methyl sites for hydroxylation is 1. The number of rotatable bonds is 7. The molecule has 0 saturated carbocycles. The summed E-state index contributed by atoms with van der Waals surface area (Å²) < 4.78 is 114. The van der Waals surface area contributed by atoms with E-state index < -0.39 is 58.4 Å². The zero-order chi connectivity index (χ0) is 26.9. The molecule has 8 heteroatoms. The van der Waals surface area contributed by atoms with Gasteiger partial charge < -0.3 is 0 Å². The van der Waals surface area contributed by atoms with Crippen LogP contribution in [-0.2, 0) is 18.8 Å². The van der Waals surface area contributed by atoms with Crippen molar-refractivity contribution in [2.45, 2.75) is 32.1 Å². The Hall–Kier alpha value is -3.68. The molecule has 0 aliphatic heterocycles. The molecule has 4 aromatic rings. The molecule has 0 nitrogen and oxygen atoms in total. The summed E-state index contributed by atoms with van der Waals surface area (Å²) >= 11 is 0. The lowest BCUT2D eigenvalue weighted by Crippen LogP contribution is -2.21. The average Bonchev–Trinajstić information content (AvgIpc) is 2.82. The second-order valence-corrected chi connectivity index (χ2v) is 8.71. The van der Waals surface area contributed by atoms with Crippen molar-refractivity contribution >= 4 is 0 Å². The van der Waals surface area contributed by atoms with E-state index in [1.54, 1.807) is 6.07 Å². The smallest absolute Gasteiger partial charge is 0.206 e. The maximum Gasteiger partial charge on any atom is 0.282 e. The van der Waals surface area contributed by atoms with Crippen molar-refractivity contribution < 1.29 is 35.1 Å². The second-order valence-electron chi connectivity index (χ2n) is 8.71. The van der Waals surface area contributed by atoms with E-state index in [-0.39, 0.29) is 11.1 Å². The fourth-order valence-corrected chi connectivity index (χ4v) is 4.21. The van der Waals surface area contributed by atoms with Crippen molar-refractivity contribution in [3.63, 3.8) is 0 Å². The topological polar surface area (TPSA) is 0 Å². The molecule has 4 rings (SSSR count). The molecular formula is C29H20F8. The van der Waals surface area contributed by atoms with Gasteiger partial charge in [-0.15, -0.1) is 0 Å². The molecule has 192 valence electrons. The van der Waals surface area contributed by atoms with Crippen LogP contribution in [0.2, 0.25) is 0 Å². The van der Waals surface area contributed by atoms with E-state index in [0.717, 1.165) is 24.0 Å². The maximum absolute atomic E-state index is 14.9. The van der Waals surface area contributed by atoms with Gasteiger partial charge in [0.1, 0.15) is 17.5 Å². The van der Waals surface area contributed by atoms with Gasteiger partial charge in [0.15, 0.2) is 17.5 Å². The molecule has 0 fully saturated rings. The van der Waals surface area contributed by atoms with Crippen LogP contribution in [0.1, 0.15) is 30.0 Å². The van der Waals surface area contributed by atoms with Crippen LogP contribution < -0.4 is 0 Å². The first-order valence-corrected chi connectivity index (χ1v) is 11.4. The third-order valence-corrected chi connectivity index (χ3v) is 5.98. The minimum atomic E-state index is -4.24. The lowest BCUT2D eigenvalue weighted by atomic mass is 9.94. The number of benzene rings is 4. The Balaban J connectivity index is 1.64. The van der Waals surface area contributed by atoms with Gasteiger partial charge in [-0.3, -0.25) is 0 Å². The van der Waals surface area contributed by atoms with Crippen LogP contribution in [0.4, 0.5) is 35.1 Å². The van der Waals surface area contributed by atoms with Crippen LogP contribution in [-0.4, -0.2) is 0 Å². The van der Waals surface area contributed by atoms with Gasteiger partial charge in [0, 0.05) is 12.0 Å². The second kappa shape index (κ2) is 10.4. The largest absolute Gasteiger partial charge is 0.282 e. The van der Waals surface area contributed by atoms with Crippen LogP contribution in [0, 0.1) is 34.9 Å². The molecule has 0 saturated heterocycles. The van der Waals surface area contributed by atoms with Gasteiger partial charge in [-0.1, -0.05) is 49.7 Å². The predicted molar refractivity (Wildman–Crippen MR) is 125 cm³/mol. The predicted octanol–water partition coefficient (Wildman–Crippen LogP) is 9.14. The third kappa shape index (κ3) is 5.53. The van der Waals surface area contributed by atoms with E-state index in [2.05, 4.69) is 6.92 Å². The van der Waals surface area contributed by atoms with E-state index in [0.29, 0.717) is 29.8 Å². The van der Waals surface area contributed by atoms with Gasteiger partial charge in [-0.05, 0) is 64.6 Å². The van der Waals surface area contributed by atoms with Gasteiger partial charge >= 0.3 is 0 Å². The molecular weight excluding hydrogens is 500 g/mol. The highest BCUT2D eigenvalue weighted by Gasteiger charge is 2.39. The first kappa shape index (κ1) is 26.4. The van der Waals surface area contributed by atoms with E-state index in [4.69, 9.17) is 0 Å². The molecule has 0 aliphatic carbocycles. The Morgan fingerprint density at radius 1 is 0.568 bits per heavy atom. The molecule has 0 spiro atoms. The van der Waals surface area contributed by atoms with Crippen molar-refractivity contribution in [3.05, 3.63) is 118 Å². The minimum absolute atomic E-state index is 0.207. The van der Waals surface area contributed by atoms with Crippen molar-refractivity contribution in [2.24, 2.45) is 0 Å². The van der Waals surface area contributed by atoms with Crippen molar-refractivity contribution in [3.8, 4) is 22.3 Å². The minimum Gasteiger partial charge on any atom is -0.206 e. The summed E-state index contributed by atoms with van der Waals surface area (Å²) in [4.78, 5) is 0. The first-order valence-electron chi connectivity index (χ1n) is 11.4. The molecule has 0 N–H and O–H groups in total. The Morgan fingerprint density at radius 2 is 1.11 bits per heavy atom. The molecule has 4 aromatic carbocycles. The number of alkyl halides is 2. The van der Waals surface area contributed by atoms with Crippen LogP contribution >= 0.6 is 0 Å². The summed E-state index contributed by atoms with van der Waals surface area (Å²) in [6, 6.07) is 13.3. The molecule has 37 heavy (non-hydrogen) atoms. The Bertz CT molecular complexity index is 1400. The van der Waals surface area contributed by atoms with Crippen LogP contribution in [0.25, 0.3) is 22.3 Å². The van der Waals surface area contributed by atoms with Crippen LogP contribution in [0.5, 0.6) is 0 Å². The molecule has 0 radical (unpaired) electrons. The highest BCUT2D eigenvalue weighted by molar-refractivity contribution is 5.71. The normalized spacial score (nSPS) is 11.7. The van der Waals surface area contributed by atoms with E-state index >= 15 is 0 Å². The van der Waals surface area contributed by atoms with Gasteiger partial charge in [0.2, 0.25) is 0 Å². The first-order chi connectivity index (χ1) is 17.5. The third-order valence-electron chi connectivity index (χ3n) is 5.98. The number of hydrogen-bond acceptors (Lipinski definition) is 0. The summed E-state index contributed by atoms with van der Waals surface area (Å²) in [5, 5.41) is 0. The molecule has 0 heterocycles. The summed E-state index contributed by atoms with van der Waals surface area (Å²) in [6.07, 6.45) is 0.385. The van der Waals surface area contributed by atoms with Crippen LogP contribution in [0.3, 0.4) is 0 Å². The molecule has 0 aromatic heterocycles. The zero-order valence-corrected chi connectivity index (χ0v) is 19.5. The monoisotopic (exact) mass is 520 g/mol. The van der Waals surface area contributed by atoms with Gasteiger partial charge in [0.25, 0.3) is 5.92 Å². The highest BCUT2D eigenvalue weighted by Crippen LogP contribution is 2.38. The molecule has 0 unspecified atom stereocenters. The fourth-order valence-electron chi connectivity index (χ4n) is 4.21. The highest BCUT2D eigenvalue weighted by atomic mass is 19.3. The molecule has 0 aliphatic rings. The van der Waals surface area contributed by atoms with E-state index in [9.17, 15) is 35.1 Å². The average molecular weight is 520 g/mol. The summed E-state index contributed by atoms with van der Waals surface area (Å²) in [6.45, 7) is 2.05. The van der Waals surface area contributed by atoms with E-state index in [1.165, 1.54) is 12.1 Å². The quantitative estimate of drug-likeness (QED) is 0.168. The van der Waals surface area contributed by atoms with Gasteiger partial charge in [-0.2, -0.15) is 0 Å². The number of hydrogen-bond donors (Lipinski definition) is 0. The summed E-state index contributed by atoms with van der Waals surface area (Å²) in [5.74, 6) is -13.7. The maximum atomic E-state index is 14.9. The number of halogens is 8. The summed E-state index contributed by atoms with van der Waals surface area (Å²) in [7, 11) is 0. The molecule has 0 atom stereocenters. The van der Waals surface area contributed by atoms with Crippen molar-refractivity contribution in [2.75, 3.05) is 0 Å². The Morgan fingerprint density at radius 3 is 1.65 bits per heavy atom. The fraction of sp³-hybridized carbons (Fsp3) is 0.172.